The van der Waals surface area contributed by atoms with Crippen LogP contribution in [0.5, 0.6) is 0 Å². The SMILES string of the molecule is O=C1Cc2cc(C(=O)CS(=O)(=O)c3ccc(F)c4ccccc34)c(Cl)cc2N1. The van der Waals surface area contributed by atoms with Crippen molar-refractivity contribution in [1.82, 2.24) is 0 Å². The van der Waals surface area contributed by atoms with Crippen molar-refractivity contribution in [2.24, 2.45) is 0 Å². The first-order valence-electron chi connectivity index (χ1n) is 8.32. The first kappa shape index (κ1) is 18.6. The molecule has 1 amide bonds. The van der Waals surface area contributed by atoms with Crippen LogP contribution in [0.4, 0.5) is 10.1 Å². The fraction of sp³-hybridized carbons (Fsp3) is 0.100. The van der Waals surface area contributed by atoms with Crippen molar-refractivity contribution < 1.29 is 22.4 Å². The van der Waals surface area contributed by atoms with E-state index in [4.69, 9.17) is 11.6 Å². The van der Waals surface area contributed by atoms with E-state index in [1.165, 1.54) is 24.3 Å². The van der Waals surface area contributed by atoms with E-state index in [9.17, 15) is 22.4 Å². The lowest BCUT2D eigenvalue weighted by atomic mass is 10.1. The normalized spacial score (nSPS) is 13.4. The van der Waals surface area contributed by atoms with Crippen molar-refractivity contribution in [3.63, 3.8) is 0 Å². The van der Waals surface area contributed by atoms with Crippen molar-refractivity contribution in [3.05, 3.63) is 70.5 Å². The van der Waals surface area contributed by atoms with Gasteiger partial charge in [0.1, 0.15) is 11.6 Å². The molecule has 0 aromatic heterocycles. The largest absolute Gasteiger partial charge is 0.325 e. The summed E-state index contributed by atoms with van der Waals surface area (Å²) in [5.74, 6) is -2.27. The van der Waals surface area contributed by atoms with Crippen molar-refractivity contribution in [1.29, 1.82) is 0 Å². The summed E-state index contributed by atoms with van der Waals surface area (Å²) in [6.45, 7) is 0. The zero-order chi connectivity index (χ0) is 20.1. The summed E-state index contributed by atoms with van der Waals surface area (Å²) in [7, 11) is -4.05. The lowest BCUT2D eigenvalue weighted by molar-refractivity contribution is -0.115. The Kier molecular flexibility index (Phi) is 4.44. The molecule has 3 aromatic carbocycles. The minimum Gasteiger partial charge on any atom is -0.325 e. The molecular weight excluding hydrogens is 405 g/mol. The Morgan fingerprint density at radius 1 is 1.11 bits per heavy atom. The van der Waals surface area contributed by atoms with Crippen molar-refractivity contribution in [3.8, 4) is 0 Å². The van der Waals surface area contributed by atoms with Crippen LogP contribution in [0.2, 0.25) is 5.02 Å². The number of carbonyl (C=O) groups is 2. The van der Waals surface area contributed by atoms with Gasteiger partial charge in [0.2, 0.25) is 5.91 Å². The number of sulfone groups is 1. The summed E-state index contributed by atoms with van der Waals surface area (Å²) >= 11 is 6.12. The highest BCUT2D eigenvalue weighted by Gasteiger charge is 2.27. The zero-order valence-electron chi connectivity index (χ0n) is 14.3. The fourth-order valence-corrected chi connectivity index (χ4v) is 5.01. The van der Waals surface area contributed by atoms with Crippen LogP contribution >= 0.6 is 11.6 Å². The maximum atomic E-state index is 14.0. The lowest BCUT2D eigenvalue weighted by Gasteiger charge is -2.10. The Morgan fingerprint density at radius 3 is 2.57 bits per heavy atom. The molecule has 1 aliphatic heterocycles. The number of carbonyl (C=O) groups excluding carboxylic acids is 2. The van der Waals surface area contributed by atoms with E-state index in [0.29, 0.717) is 11.3 Å². The van der Waals surface area contributed by atoms with E-state index in [1.54, 1.807) is 12.1 Å². The van der Waals surface area contributed by atoms with Gasteiger partial charge in [0, 0.05) is 22.0 Å². The van der Waals surface area contributed by atoms with E-state index in [1.807, 2.05) is 0 Å². The summed E-state index contributed by atoms with van der Waals surface area (Å²) in [5, 5.41) is 3.05. The highest BCUT2D eigenvalue weighted by molar-refractivity contribution is 7.92. The first-order valence-corrected chi connectivity index (χ1v) is 10.3. The molecule has 0 saturated carbocycles. The van der Waals surface area contributed by atoms with E-state index >= 15 is 0 Å². The van der Waals surface area contributed by atoms with Crippen LogP contribution in [0.25, 0.3) is 10.8 Å². The molecule has 1 aliphatic rings. The number of halogens is 2. The highest BCUT2D eigenvalue weighted by Crippen LogP contribution is 2.31. The standard InChI is InChI=1S/C20H13ClFNO4S/c21-15-9-17-11(8-20(25)23-17)7-14(15)18(24)10-28(26,27)19-6-5-16(22)12-3-1-2-4-13(12)19/h1-7,9H,8,10H2,(H,23,25). The van der Waals surface area contributed by atoms with Crippen molar-refractivity contribution in [2.75, 3.05) is 11.1 Å². The van der Waals surface area contributed by atoms with Gasteiger partial charge < -0.3 is 5.32 Å². The third kappa shape index (κ3) is 3.16. The Balaban J connectivity index is 1.72. The minimum absolute atomic E-state index is 0.0342. The maximum Gasteiger partial charge on any atom is 0.228 e. The molecule has 0 atom stereocenters. The summed E-state index contributed by atoms with van der Waals surface area (Å²) < 4.78 is 39.8. The Bertz CT molecular complexity index is 1270. The molecule has 4 rings (SSSR count). The topological polar surface area (TPSA) is 80.3 Å². The lowest BCUT2D eigenvalue weighted by Crippen LogP contribution is -2.17. The Morgan fingerprint density at radius 2 is 1.82 bits per heavy atom. The molecule has 28 heavy (non-hydrogen) atoms. The molecule has 3 aromatic rings. The van der Waals surface area contributed by atoms with Gasteiger partial charge in [0.15, 0.2) is 15.6 Å². The van der Waals surface area contributed by atoms with Gasteiger partial charge in [-0.1, -0.05) is 35.9 Å². The van der Waals surface area contributed by atoms with Crippen LogP contribution in [0.15, 0.2) is 53.4 Å². The molecule has 0 spiro atoms. The van der Waals surface area contributed by atoms with Gasteiger partial charge in [-0.05, 0) is 29.8 Å². The third-order valence-electron chi connectivity index (χ3n) is 4.61. The van der Waals surface area contributed by atoms with Gasteiger partial charge in [0.25, 0.3) is 0 Å². The summed E-state index contributed by atoms with van der Waals surface area (Å²) in [4.78, 5) is 24.1. The molecular formula is C20H13ClFNO4S. The molecule has 0 bridgehead atoms. The number of hydrogen-bond donors (Lipinski definition) is 1. The number of hydrogen-bond acceptors (Lipinski definition) is 4. The molecule has 0 fully saturated rings. The van der Waals surface area contributed by atoms with Gasteiger partial charge >= 0.3 is 0 Å². The summed E-state index contributed by atoms with van der Waals surface area (Å²) in [6, 6.07) is 11.3. The maximum absolute atomic E-state index is 14.0. The number of Topliss-reactive ketones (excluding diaryl/α,β-unsaturated/α-hetero) is 1. The van der Waals surface area contributed by atoms with Gasteiger partial charge in [-0.25, -0.2) is 12.8 Å². The zero-order valence-corrected chi connectivity index (χ0v) is 15.9. The monoisotopic (exact) mass is 417 g/mol. The fourth-order valence-electron chi connectivity index (χ4n) is 3.30. The van der Waals surface area contributed by atoms with Gasteiger partial charge in [0.05, 0.1) is 16.3 Å². The average Bonchev–Trinajstić information content (AvgIpc) is 2.99. The minimum atomic E-state index is -4.05. The number of amides is 1. The molecule has 5 nitrogen and oxygen atoms in total. The quantitative estimate of drug-likeness (QED) is 0.517. The molecule has 142 valence electrons. The van der Waals surface area contributed by atoms with Crippen LogP contribution in [-0.4, -0.2) is 25.9 Å². The third-order valence-corrected chi connectivity index (χ3v) is 6.59. The van der Waals surface area contributed by atoms with Crippen LogP contribution < -0.4 is 5.32 Å². The number of nitrogens with one attached hydrogen (secondary N) is 1. The predicted molar refractivity (Wildman–Crippen MR) is 104 cm³/mol. The molecule has 0 saturated heterocycles. The van der Waals surface area contributed by atoms with Gasteiger partial charge in [-0.15, -0.1) is 0 Å². The number of anilines is 1. The first-order chi connectivity index (χ1) is 13.3. The van der Waals surface area contributed by atoms with E-state index in [0.717, 1.165) is 12.1 Å². The van der Waals surface area contributed by atoms with E-state index < -0.39 is 27.2 Å². The van der Waals surface area contributed by atoms with Crippen LogP contribution in [0.3, 0.4) is 0 Å². The van der Waals surface area contributed by atoms with Gasteiger partial charge in [-0.2, -0.15) is 0 Å². The van der Waals surface area contributed by atoms with Crippen molar-refractivity contribution >= 4 is 49.6 Å². The summed E-state index contributed by atoms with van der Waals surface area (Å²) in [5.41, 5.74) is 1.13. The second-order valence-electron chi connectivity index (χ2n) is 6.49. The molecule has 0 unspecified atom stereocenters. The highest BCUT2D eigenvalue weighted by atomic mass is 35.5. The number of fused-ring (bicyclic) bond motifs is 2. The number of rotatable bonds is 4. The van der Waals surface area contributed by atoms with Crippen LogP contribution in [0.1, 0.15) is 15.9 Å². The van der Waals surface area contributed by atoms with Crippen LogP contribution in [-0.2, 0) is 21.1 Å². The molecule has 1 N–H and O–H groups in total. The Labute approximate surface area is 165 Å². The Hall–Kier alpha value is -2.77. The van der Waals surface area contributed by atoms with Gasteiger partial charge in [-0.3, -0.25) is 9.59 Å². The number of ketones is 1. The molecule has 8 heteroatoms. The second-order valence-corrected chi connectivity index (χ2v) is 8.85. The average molecular weight is 418 g/mol. The second kappa shape index (κ2) is 6.68. The van der Waals surface area contributed by atoms with E-state index in [-0.39, 0.29) is 38.6 Å². The molecule has 0 aliphatic carbocycles. The van der Waals surface area contributed by atoms with Crippen LogP contribution in [0, 0.1) is 5.82 Å². The molecule has 0 radical (unpaired) electrons. The van der Waals surface area contributed by atoms with Crippen molar-refractivity contribution in [2.45, 2.75) is 11.3 Å². The summed E-state index contributed by atoms with van der Waals surface area (Å²) in [6.07, 6.45) is 0.0993. The molecule has 1 heterocycles. The van der Waals surface area contributed by atoms with E-state index in [2.05, 4.69) is 5.32 Å². The number of benzene rings is 3. The predicted octanol–water partition coefficient (Wildman–Crippen LogP) is 3.78. The smallest absolute Gasteiger partial charge is 0.228 e.